The van der Waals surface area contributed by atoms with Gasteiger partial charge in [-0.3, -0.25) is 9.78 Å². The van der Waals surface area contributed by atoms with E-state index in [0.29, 0.717) is 5.56 Å². The topological polar surface area (TPSA) is 71.0 Å². The summed E-state index contributed by atoms with van der Waals surface area (Å²) in [6.45, 7) is 4.88. The molecular weight excluding hydrogens is 393 g/mol. The molecule has 0 bridgehead atoms. The molecule has 1 aliphatic carbocycles. The summed E-state index contributed by atoms with van der Waals surface area (Å²) in [5.74, 6) is 1.34. The number of fused-ring (bicyclic) bond motifs is 1. The first-order chi connectivity index (χ1) is 15.0. The molecule has 3 aromatic rings. The van der Waals surface area contributed by atoms with E-state index in [-0.39, 0.29) is 17.6 Å². The smallest absolute Gasteiger partial charge is 0.252 e. The molecule has 158 valence electrons. The highest BCUT2D eigenvalue weighted by Gasteiger charge is 2.55. The van der Waals surface area contributed by atoms with Crippen molar-refractivity contribution in [3.05, 3.63) is 77.3 Å². The Kier molecular flexibility index (Phi) is 4.68. The summed E-state index contributed by atoms with van der Waals surface area (Å²) in [5.41, 5.74) is 2.93. The van der Waals surface area contributed by atoms with Crippen LogP contribution in [0.3, 0.4) is 0 Å². The SMILES string of the molecule is Cc1nccc(N2CCCc3nc([C@]4(NC(=O)c5ccc(F)cc5)C[C@H]4C)ccc32)n1. The van der Waals surface area contributed by atoms with Crippen molar-refractivity contribution in [2.24, 2.45) is 5.92 Å². The average molecular weight is 417 g/mol. The van der Waals surface area contributed by atoms with Gasteiger partial charge in [-0.2, -0.15) is 0 Å². The lowest BCUT2D eigenvalue weighted by atomic mass is 10.0. The summed E-state index contributed by atoms with van der Waals surface area (Å²) in [6.07, 6.45) is 4.48. The van der Waals surface area contributed by atoms with Crippen LogP contribution in [0.15, 0.2) is 48.7 Å². The fraction of sp³-hybridized carbons (Fsp3) is 0.333. The standard InChI is InChI=1S/C24H24FN5O/c1-15-14-24(15,29-23(31)17-5-7-18(25)8-6-17)21-10-9-20-19(28-21)4-3-13-30(20)22-11-12-26-16(2)27-22/h5-12,15H,3-4,13-14H2,1-2H3,(H,29,31)/t15-,24+/m1/s1. The number of aryl methyl sites for hydroxylation is 2. The van der Waals surface area contributed by atoms with Crippen LogP contribution < -0.4 is 10.2 Å². The zero-order valence-electron chi connectivity index (χ0n) is 17.6. The van der Waals surface area contributed by atoms with Crippen LogP contribution in [0.2, 0.25) is 0 Å². The van der Waals surface area contributed by atoms with Gasteiger partial charge >= 0.3 is 0 Å². The lowest BCUT2D eigenvalue weighted by Crippen LogP contribution is -2.37. The van der Waals surface area contributed by atoms with Gasteiger partial charge in [-0.05, 0) is 74.6 Å². The molecule has 1 fully saturated rings. The fourth-order valence-electron chi connectivity index (χ4n) is 4.42. The summed E-state index contributed by atoms with van der Waals surface area (Å²) in [4.78, 5) is 28.8. The van der Waals surface area contributed by atoms with Crippen molar-refractivity contribution in [2.75, 3.05) is 11.4 Å². The van der Waals surface area contributed by atoms with Crippen molar-refractivity contribution >= 4 is 17.4 Å². The maximum atomic E-state index is 13.2. The van der Waals surface area contributed by atoms with Gasteiger partial charge in [-0.15, -0.1) is 0 Å². The molecule has 3 heterocycles. The van der Waals surface area contributed by atoms with Crippen molar-refractivity contribution in [3.63, 3.8) is 0 Å². The number of hydrogen-bond acceptors (Lipinski definition) is 5. The Labute approximate surface area is 180 Å². The number of carbonyl (C=O) groups is 1. The average Bonchev–Trinajstić information content (AvgIpc) is 3.43. The van der Waals surface area contributed by atoms with Gasteiger partial charge in [0, 0.05) is 18.3 Å². The molecular formula is C24H24FN5O. The van der Waals surface area contributed by atoms with Crippen LogP contribution in [0.5, 0.6) is 0 Å². The Hall–Kier alpha value is -3.35. The van der Waals surface area contributed by atoms with Gasteiger partial charge in [0.1, 0.15) is 17.5 Å². The van der Waals surface area contributed by atoms with E-state index in [1.165, 1.54) is 24.3 Å². The minimum Gasteiger partial charge on any atom is -0.341 e. The molecule has 7 heteroatoms. The molecule has 1 aliphatic heterocycles. The number of aromatic nitrogens is 3. The summed E-state index contributed by atoms with van der Waals surface area (Å²) >= 11 is 0. The second-order valence-electron chi connectivity index (χ2n) is 8.42. The van der Waals surface area contributed by atoms with E-state index < -0.39 is 5.54 Å². The van der Waals surface area contributed by atoms with Crippen molar-refractivity contribution in [1.29, 1.82) is 0 Å². The van der Waals surface area contributed by atoms with E-state index in [1.54, 1.807) is 6.20 Å². The molecule has 0 unspecified atom stereocenters. The largest absolute Gasteiger partial charge is 0.341 e. The molecule has 2 aliphatic rings. The number of halogens is 1. The van der Waals surface area contributed by atoms with Crippen LogP contribution in [-0.2, 0) is 12.0 Å². The molecule has 0 radical (unpaired) electrons. The maximum Gasteiger partial charge on any atom is 0.252 e. The number of nitrogens with one attached hydrogen (secondary N) is 1. The van der Waals surface area contributed by atoms with Gasteiger partial charge in [0.2, 0.25) is 0 Å². The second-order valence-corrected chi connectivity index (χ2v) is 8.42. The Balaban J connectivity index is 1.44. The monoisotopic (exact) mass is 417 g/mol. The minimum atomic E-state index is -0.478. The number of hydrogen-bond donors (Lipinski definition) is 1. The molecule has 6 nitrogen and oxygen atoms in total. The van der Waals surface area contributed by atoms with Gasteiger partial charge in [0.25, 0.3) is 5.91 Å². The Morgan fingerprint density at radius 3 is 2.65 bits per heavy atom. The number of pyridine rings is 1. The quantitative estimate of drug-likeness (QED) is 0.693. The Morgan fingerprint density at radius 1 is 1.16 bits per heavy atom. The highest BCUT2D eigenvalue weighted by atomic mass is 19.1. The Morgan fingerprint density at radius 2 is 1.94 bits per heavy atom. The summed E-state index contributed by atoms with van der Waals surface area (Å²) in [5, 5.41) is 3.17. The number of carbonyl (C=O) groups excluding carboxylic acids is 1. The van der Waals surface area contributed by atoms with Gasteiger partial charge < -0.3 is 10.2 Å². The van der Waals surface area contributed by atoms with Crippen LogP contribution in [0.1, 0.15) is 47.3 Å². The predicted molar refractivity (Wildman–Crippen MR) is 116 cm³/mol. The molecule has 1 N–H and O–H groups in total. The molecule has 1 amide bonds. The van der Waals surface area contributed by atoms with Crippen LogP contribution >= 0.6 is 0 Å². The van der Waals surface area contributed by atoms with E-state index in [9.17, 15) is 9.18 Å². The maximum absolute atomic E-state index is 13.2. The molecule has 2 aromatic heterocycles. The number of benzene rings is 1. The number of anilines is 2. The van der Waals surface area contributed by atoms with E-state index >= 15 is 0 Å². The van der Waals surface area contributed by atoms with Gasteiger partial charge in [0.15, 0.2) is 0 Å². The highest BCUT2D eigenvalue weighted by Crippen LogP contribution is 2.51. The van der Waals surface area contributed by atoms with E-state index in [1.807, 2.05) is 19.1 Å². The lowest BCUT2D eigenvalue weighted by Gasteiger charge is -2.31. The van der Waals surface area contributed by atoms with Gasteiger partial charge in [-0.1, -0.05) is 6.92 Å². The van der Waals surface area contributed by atoms with E-state index in [0.717, 1.165) is 54.5 Å². The first-order valence-electron chi connectivity index (χ1n) is 10.6. The minimum absolute atomic E-state index is 0.207. The molecule has 0 saturated heterocycles. The molecule has 1 aromatic carbocycles. The van der Waals surface area contributed by atoms with Crippen LogP contribution in [0.4, 0.5) is 15.9 Å². The van der Waals surface area contributed by atoms with Crippen LogP contribution in [-0.4, -0.2) is 27.4 Å². The van der Waals surface area contributed by atoms with Crippen molar-refractivity contribution in [3.8, 4) is 0 Å². The summed E-state index contributed by atoms with van der Waals surface area (Å²) in [6, 6.07) is 11.6. The molecule has 31 heavy (non-hydrogen) atoms. The zero-order chi connectivity index (χ0) is 21.6. The third-order valence-corrected chi connectivity index (χ3v) is 6.28. The number of nitrogens with zero attached hydrogens (tertiary/aromatic N) is 4. The number of rotatable bonds is 4. The van der Waals surface area contributed by atoms with Crippen molar-refractivity contribution < 1.29 is 9.18 Å². The normalized spacial score (nSPS) is 22.0. The van der Waals surface area contributed by atoms with Crippen LogP contribution in [0, 0.1) is 18.7 Å². The zero-order valence-corrected chi connectivity index (χ0v) is 17.6. The van der Waals surface area contributed by atoms with Gasteiger partial charge in [-0.25, -0.2) is 14.4 Å². The van der Waals surface area contributed by atoms with Crippen molar-refractivity contribution in [1.82, 2.24) is 20.3 Å². The molecule has 1 saturated carbocycles. The summed E-state index contributed by atoms with van der Waals surface area (Å²) in [7, 11) is 0. The molecule has 2 atom stereocenters. The third kappa shape index (κ3) is 3.54. The molecule has 0 spiro atoms. The number of amides is 1. The van der Waals surface area contributed by atoms with E-state index in [2.05, 4.69) is 33.2 Å². The van der Waals surface area contributed by atoms with Crippen LogP contribution in [0.25, 0.3) is 0 Å². The lowest BCUT2D eigenvalue weighted by molar-refractivity contribution is 0.0926. The third-order valence-electron chi connectivity index (χ3n) is 6.28. The second kappa shape index (κ2) is 7.41. The Bertz CT molecular complexity index is 1150. The fourth-order valence-corrected chi connectivity index (χ4v) is 4.42. The molecule has 5 rings (SSSR count). The summed E-state index contributed by atoms with van der Waals surface area (Å²) < 4.78 is 13.2. The first kappa shape index (κ1) is 19.6. The highest BCUT2D eigenvalue weighted by molar-refractivity contribution is 5.95. The van der Waals surface area contributed by atoms with Gasteiger partial charge in [0.05, 0.1) is 22.6 Å². The van der Waals surface area contributed by atoms with Crippen molar-refractivity contribution in [2.45, 2.75) is 38.6 Å². The van der Waals surface area contributed by atoms with E-state index in [4.69, 9.17) is 4.98 Å². The first-order valence-corrected chi connectivity index (χ1v) is 10.6. The predicted octanol–water partition coefficient (Wildman–Crippen LogP) is 4.07.